The largest absolute Gasteiger partial charge is 0.385 e. The number of azo groups is 1. The third-order valence-electron chi connectivity index (χ3n) is 5.38. The summed E-state index contributed by atoms with van der Waals surface area (Å²) in [5.41, 5.74) is 2.34. The predicted molar refractivity (Wildman–Crippen MR) is 119 cm³/mol. The average molecular weight is 439 g/mol. The summed E-state index contributed by atoms with van der Waals surface area (Å²) in [7, 11) is -2.10. The lowest BCUT2D eigenvalue weighted by atomic mass is 9.94. The molecule has 0 aliphatic carbocycles. The summed E-state index contributed by atoms with van der Waals surface area (Å²) in [4.78, 5) is 0.222. The van der Waals surface area contributed by atoms with Crippen molar-refractivity contribution in [3.8, 4) is 0 Å². The minimum atomic E-state index is -3.64. The van der Waals surface area contributed by atoms with E-state index in [0.717, 1.165) is 11.3 Å². The molecule has 6 nitrogen and oxygen atoms in total. The van der Waals surface area contributed by atoms with Gasteiger partial charge in [-0.25, -0.2) is 12.8 Å². The van der Waals surface area contributed by atoms with Crippen molar-refractivity contribution in [1.82, 2.24) is 0 Å². The molecule has 0 saturated carbocycles. The van der Waals surface area contributed by atoms with Gasteiger partial charge in [-0.15, -0.1) is 0 Å². The Morgan fingerprint density at radius 1 is 1.00 bits per heavy atom. The van der Waals surface area contributed by atoms with Gasteiger partial charge in [-0.3, -0.25) is 4.31 Å². The van der Waals surface area contributed by atoms with Gasteiger partial charge in [0.25, 0.3) is 10.0 Å². The molecule has 3 aromatic carbocycles. The first-order valence-corrected chi connectivity index (χ1v) is 11.4. The van der Waals surface area contributed by atoms with Crippen molar-refractivity contribution >= 4 is 21.4 Å². The molecule has 1 aliphatic rings. The maximum Gasteiger partial charge on any atom is 0.264 e. The summed E-state index contributed by atoms with van der Waals surface area (Å²) in [6.45, 7) is 1.20. The Labute approximate surface area is 181 Å². The first-order chi connectivity index (χ1) is 14.9. The van der Waals surface area contributed by atoms with E-state index in [2.05, 4.69) is 15.5 Å². The van der Waals surface area contributed by atoms with Crippen LogP contribution < -0.4 is 9.62 Å². The number of hydrogen-bond donors (Lipinski definition) is 1. The number of rotatable bonds is 7. The van der Waals surface area contributed by atoms with Crippen LogP contribution >= 0.6 is 0 Å². The number of nitrogens with zero attached hydrogens (tertiary/aromatic N) is 3. The number of benzene rings is 3. The van der Waals surface area contributed by atoms with E-state index >= 15 is 0 Å². The molecule has 0 bridgehead atoms. The lowest BCUT2D eigenvalue weighted by Crippen LogP contribution is -2.26. The van der Waals surface area contributed by atoms with Crippen LogP contribution in [0.3, 0.4) is 0 Å². The van der Waals surface area contributed by atoms with E-state index in [0.29, 0.717) is 18.8 Å². The predicted octanol–water partition coefficient (Wildman–Crippen LogP) is 4.89. The van der Waals surface area contributed by atoms with Gasteiger partial charge in [0, 0.05) is 25.2 Å². The molecule has 0 spiro atoms. The molecule has 31 heavy (non-hydrogen) atoms. The number of sulfonamides is 1. The van der Waals surface area contributed by atoms with E-state index in [1.54, 1.807) is 67.7 Å². The van der Waals surface area contributed by atoms with Crippen LogP contribution in [0.15, 0.2) is 94.0 Å². The van der Waals surface area contributed by atoms with E-state index < -0.39 is 10.0 Å². The molecule has 0 saturated heterocycles. The molecule has 1 N–H and O–H groups in total. The molecule has 2 atom stereocenters. The maximum atomic E-state index is 13.2. The molecule has 0 fully saturated rings. The SMILES string of the molecule is CN(c1ccccc1)S(=O)(=O)c1ccc(NCC2CN=NC2c2ccc(F)cc2)cc1. The standard InChI is InChI=1S/C23H23FN4O2S/c1-28(21-5-3-2-4-6-21)31(29,30)22-13-11-20(12-14-22)25-15-18-16-26-27-23(18)17-7-9-19(24)10-8-17/h2-14,18,23,25H,15-16H2,1H3. The maximum absolute atomic E-state index is 13.2. The number of halogens is 1. The molecular formula is C23H23FN4O2S. The summed E-state index contributed by atoms with van der Waals surface area (Å²) < 4.78 is 40.2. The van der Waals surface area contributed by atoms with Crippen LogP contribution in [0.2, 0.25) is 0 Å². The molecule has 1 heterocycles. The van der Waals surface area contributed by atoms with Crippen molar-refractivity contribution in [2.24, 2.45) is 16.1 Å². The van der Waals surface area contributed by atoms with Gasteiger partial charge >= 0.3 is 0 Å². The second-order valence-corrected chi connectivity index (χ2v) is 9.38. The first kappa shape index (κ1) is 21.0. The van der Waals surface area contributed by atoms with E-state index in [1.165, 1.54) is 16.4 Å². The monoisotopic (exact) mass is 438 g/mol. The van der Waals surface area contributed by atoms with Crippen LogP contribution in [0.1, 0.15) is 11.6 Å². The Hall–Kier alpha value is -3.26. The Morgan fingerprint density at radius 2 is 1.68 bits per heavy atom. The van der Waals surface area contributed by atoms with Gasteiger partial charge in [-0.05, 0) is 54.1 Å². The van der Waals surface area contributed by atoms with Crippen molar-refractivity contribution in [3.63, 3.8) is 0 Å². The average Bonchev–Trinajstić information content (AvgIpc) is 3.27. The van der Waals surface area contributed by atoms with Gasteiger partial charge < -0.3 is 5.32 Å². The fourth-order valence-corrected chi connectivity index (χ4v) is 4.73. The molecule has 0 amide bonds. The molecule has 4 rings (SSSR count). The fourth-order valence-electron chi connectivity index (χ4n) is 3.54. The number of anilines is 2. The molecule has 2 unspecified atom stereocenters. The Balaban J connectivity index is 1.41. The van der Waals surface area contributed by atoms with Crippen molar-refractivity contribution in [1.29, 1.82) is 0 Å². The minimum Gasteiger partial charge on any atom is -0.385 e. The van der Waals surface area contributed by atoms with Crippen LogP contribution in [0.4, 0.5) is 15.8 Å². The lowest BCUT2D eigenvalue weighted by Gasteiger charge is -2.20. The smallest absolute Gasteiger partial charge is 0.264 e. The molecule has 3 aromatic rings. The zero-order valence-corrected chi connectivity index (χ0v) is 17.8. The van der Waals surface area contributed by atoms with Crippen molar-refractivity contribution in [2.45, 2.75) is 10.9 Å². The highest BCUT2D eigenvalue weighted by Crippen LogP contribution is 2.32. The van der Waals surface area contributed by atoms with Crippen molar-refractivity contribution in [3.05, 3.63) is 90.2 Å². The molecule has 1 aliphatic heterocycles. The molecule has 0 radical (unpaired) electrons. The van der Waals surface area contributed by atoms with Gasteiger partial charge in [0.2, 0.25) is 0 Å². The van der Waals surface area contributed by atoms with Gasteiger partial charge in [-0.1, -0.05) is 30.3 Å². The van der Waals surface area contributed by atoms with E-state index in [1.807, 2.05) is 6.07 Å². The lowest BCUT2D eigenvalue weighted by molar-refractivity contribution is 0.521. The molecule has 8 heteroatoms. The Kier molecular flexibility index (Phi) is 5.99. The van der Waals surface area contributed by atoms with Gasteiger partial charge in [0.15, 0.2) is 0 Å². The Bertz CT molecular complexity index is 1150. The summed E-state index contributed by atoms with van der Waals surface area (Å²) in [6, 6.07) is 21.9. The van der Waals surface area contributed by atoms with E-state index in [-0.39, 0.29) is 22.7 Å². The van der Waals surface area contributed by atoms with E-state index in [4.69, 9.17) is 0 Å². The minimum absolute atomic E-state index is 0.118. The highest BCUT2D eigenvalue weighted by atomic mass is 32.2. The third-order valence-corrected chi connectivity index (χ3v) is 7.18. The highest BCUT2D eigenvalue weighted by Gasteiger charge is 2.27. The third kappa shape index (κ3) is 4.59. The van der Waals surface area contributed by atoms with Gasteiger partial charge in [0.05, 0.1) is 17.1 Å². The van der Waals surface area contributed by atoms with Crippen molar-refractivity contribution < 1.29 is 12.8 Å². The van der Waals surface area contributed by atoms with Crippen LogP contribution in [0, 0.1) is 11.7 Å². The fraction of sp³-hybridized carbons (Fsp3) is 0.217. The molecule has 0 aromatic heterocycles. The van der Waals surface area contributed by atoms with Crippen LogP contribution in [-0.4, -0.2) is 28.6 Å². The van der Waals surface area contributed by atoms with Crippen molar-refractivity contribution in [2.75, 3.05) is 29.8 Å². The highest BCUT2D eigenvalue weighted by molar-refractivity contribution is 7.92. The normalized spacial score (nSPS) is 18.1. The van der Waals surface area contributed by atoms with E-state index in [9.17, 15) is 12.8 Å². The number of para-hydroxylation sites is 1. The topological polar surface area (TPSA) is 74.1 Å². The first-order valence-electron chi connectivity index (χ1n) is 9.95. The van der Waals surface area contributed by atoms with Gasteiger partial charge in [-0.2, -0.15) is 10.2 Å². The zero-order chi connectivity index (χ0) is 21.8. The molecular weight excluding hydrogens is 415 g/mol. The summed E-state index contributed by atoms with van der Waals surface area (Å²) in [5, 5.41) is 11.8. The summed E-state index contributed by atoms with van der Waals surface area (Å²) in [5.74, 6) is -0.139. The van der Waals surface area contributed by atoms with Crippen LogP contribution in [0.25, 0.3) is 0 Å². The second kappa shape index (κ2) is 8.85. The zero-order valence-electron chi connectivity index (χ0n) is 17.0. The number of hydrogen-bond acceptors (Lipinski definition) is 5. The Morgan fingerprint density at radius 3 is 2.35 bits per heavy atom. The molecule has 160 valence electrons. The summed E-state index contributed by atoms with van der Waals surface area (Å²) >= 11 is 0. The quantitative estimate of drug-likeness (QED) is 0.571. The summed E-state index contributed by atoms with van der Waals surface area (Å²) in [6.07, 6.45) is 0. The number of nitrogens with one attached hydrogen (secondary N) is 1. The van der Waals surface area contributed by atoms with Crippen LogP contribution in [-0.2, 0) is 10.0 Å². The second-order valence-electron chi connectivity index (χ2n) is 7.41. The van der Waals surface area contributed by atoms with Gasteiger partial charge in [0.1, 0.15) is 11.9 Å². The van der Waals surface area contributed by atoms with Crippen LogP contribution in [0.5, 0.6) is 0 Å².